The van der Waals surface area contributed by atoms with Crippen molar-refractivity contribution in [3.63, 3.8) is 0 Å². The maximum atomic E-state index is 13.0. The van der Waals surface area contributed by atoms with Crippen LogP contribution in [0, 0.1) is 0 Å². The number of ether oxygens (including phenoxy) is 1. The Balaban J connectivity index is 1.51. The number of hydrogen-bond acceptors (Lipinski definition) is 5. The molecule has 1 aliphatic heterocycles. The van der Waals surface area contributed by atoms with Gasteiger partial charge >= 0.3 is 6.08 Å². The molecule has 1 spiro atoms. The highest BCUT2D eigenvalue weighted by Crippen LogP contribution is 2.38. The minimum Gasteiger partial charge on any atom is -0.450 e. The van der Waals surface area contributed by atoms with E-state index in [0.29, 0.717) is 18.8 Å². The summed E-state index contributed by atoms with van der Waals surface area (Å²) in [7, 11) is 0. The van der Waals surface area contributed by atoms with Crippen LogP contribution in [0.3, 0.4) is 0 Å². The molecule has 1 amide bonds. The van der Waals surface area contributed by atoms with E-state index in [1.807, 2.05) is 11.8 Å². The van der Waals surface area contributed by atoms with Crippen molar-refractivity contribution in [2.45, 2.75) is 51.1 Å². The molecule has 2 heterocycles. The summed E-state index contributed by atoms with van der Waals surface area (Å²) < 4.78 is 10.5. The molecule has 0 unspecified atom stereocenters. The number of carbonyl (C=O) groups excluding carboxylic acids is 1. The number of benzene rings is 1. The largest absolute Gasteiger partial charge is 0.450 e. The zero-order valence-electron chi connectivity index (χ0n) is 16.6. The van der Waals surface area contributed by atoms with E-state index in [4.69, 9.17) is 9.15 Å². The van der Waals surface area contributed by atoms with E-state index in [9.17, 15) is 4.79 Å². The fraction of sp³-hybridized carbons (Fsp3) is 0.545. The summed E-state index contributed by atoms with van der Waals surface area (Å²) in [5.74, 6) is -0.0565. The van der Waals surface area contributed by atoms with Crippen molar-refractivity contribution in [2.24, 2.45) is 0 Å². The third kappa shape index (κ3) is 3.92. The summed E-state index contributed by atoms with van der Waals surface area (Å²) in [5, 5.41) is 0. The average Bonchev–Trinajstić information content (AvgIpc) is 3.19. The Hall–Kier alpha value is -2.34. The van der Waals surface area contributed by atoms with Gasteiger partial charge in [0.1, 0.15) is 6.26 Å². The zero-order chi connectivity index (χ0) is 19.4. The molecule has 0 radical (unpaired) electrons. The second kappa shape index (κ2) is 8.35. The number of piperazine rings is 1. The van der Waals surface area contributed by atoms with Crippen LogP contribution in [0.1, 0.15) is 55.1 Å². The summed E-state index contributed by atoms with van der Waals surface area (Å²) in [5.41, 5.74) is 1.74. The van der Waals surface area contributed by atoms with Gasteiger partial charge in [0, 0.05) is 31.7 Å². The number of carbonyl (C=O) groups is 1. The van der Waals surface area contributed by atoms with Crippen molar-refractivity contribution in [1.82, 2.24) is 14.8 Å². The molecule has 28 heavy (non-hydrogen) atoms. The molecule has 2 aliphatic rings. The van der Waals surface area contributed by atoms with Gasteiger partial charge in [0.2, 0.25) is 0 Å². The highest BCUT2D eigenvalue weighted by Gasteiger charge is 2.43. The van der Waals surface area contributed by atoms with E-state index in [1.54, 1.807) is 0 Å². The maximum Gasteiger partial charge on any atom is 0.394 e. The van der Waals surface area contributed by atoms with Crippen molar-refractivity contribution in [3.8, 4) is 6.08 Å². The molecule has 150 valence electrons. The van der Waals surface area contributed by atoms with Gasteiger partial charge < -0.3 is 14.1 Å². The van der Waals surface area contributed by atoms with Crippen LogP contribution < -0.4 is 4.74 Å². The minimum atomic E-state index is -0.0565. The lowest BCUT2D eigenvalue weighted by Crippen LogP contribution is -2.63. The van der Waals surface area contributed by atoms with Crippen LogP contribution in [0.4, 0.5) is 0 Å². The number of nitrogens with zero attached hydrogens (tertiary/aromatic N) is 3. The normalized spacial score (nSPS) is 19.7. The van der Waals surface area contributed by atoms with E-state index in [1.165, 1.54) is 31.1 Å². The Labute approximate surface area is 166 Å². The Morgan fingerprint density at radius 1 is 1.18 bits per heavy atom. The molecule has 1 aromatic heterocycles. The molecular weight excluding hydrogens is 354 g/mol. The predicted molar refractivity (Wildman–Crippen MR) is 106 cm³/mol. The summed E-state index contributed by atoms with van der Waals surface area (Å²) >= 11 is 0. The number of amides is 1. The molecule has 1 aromatic carbocycles. The molecule has 0 bridgehead atoms. The summed E-state index contributed by atoms with van der Waals surface area (Å²) in [6.07, 6.45) is 7.62. The van der Waals surface area contributed by atoms with Gasteiger partial charge in [-0.25, -0.2) is 0 Å². The third-order valence-electron chi connectivity index (χ3n) is 6.05. The number of oxazole rings is 1. The molecule has 1 saturated heterocycles. The second-order valence-electron chi connectivity index (χ2n) is 7.85. The molecule has 1 saturated carbocycles. The molecule has 2 aromatic rings. The van der Waals surface area contributed by atoms with Gasteiger partial charge in [-0.05, 0) is 25.3 Å². The van der Waals surface area contributed by atoms with Gasteiger partial charge in [0.15, 0.2) is 5.69 Å². The van der Waals surface area contributed by atoms with Crippen LogP contribution in [-0.2, 0) is 6.54 Å². The standard InChI is InChI=1S/C22H29N3O3/c1-2-27-21-23-19(16-28-21)20(26)24-13-14-25(15-18-9-5-3-6-10-18)22(17-24)11-7-4-8-12-22/h3,5-6,9-10,16H,2,4,7-8,11-15,17H2,1H3. The number of rotatable bonds is 5. The third-order valence-corrected chi connectivity index (χ3v) is 6.05. The average molecular weight is 383 g/mol. The number of aromatic nitrogens is 1. The molecule has 0 atom stereocenters. The van der Waals surface area contributed by atoms with Crippen molar-refractivity contribution >= 4 is 5.91 Å². The van der Waals surface area contributed by atoms with Crippen molar-refractivity contribution in [3.05, 3.63) is 47.9 Å². The Bertz CT molecular complexity index is 783. The van der Waals surface area contributed by atoms with Crippen LogP contribution in [0.25, 0.3) is 0 Å². The van der Waals surface area contributed by atoms with E-state index >= 15 is 0 Å². The lowest BCUT2D eigenvalue weighted by Gasteiger charge is -2.53. The van der Waals surface area contributed by atoms with Crippen LogP contribution >= 0.6 is 0 Å². The van der Waals surface area contributed by atoms with Gasteiger partial charge in [-0.15, -0.1) is 0 Å². The first kappa shape index (κ1) is 19.0. The molecule has 1 aliphatic carbocycles. The van der Waals surface area contributed by atoms with Gasteiger partial charge in [-0.2, -0.15) is 4.98 Å². The SMILES string of the molecule is CCOc1nc(C(=O)N2CCN(Cc3ccccc3)C3(CCCCC3)C2)co1. The smallest absolute Gasteiger partial charge is 0.394 e. The first-order chi connectivity index (χ1) is 13.7. The maximum absolute atomic E-state index is 13.0. The predicted octanol–water partition coefficient (Wildman–Crippen LogP) is 3.73. The molecule has 0 N–H and O–H groups in total. The topological polar surface area (TPSA) is 58.8 Å². The highest BCUT2D eigenvalue weighted by molar-refractivity contribution is 5.92. The van der Waals surface area contributed by atoms with Gasteiger partial charge in [-0.1, -0.05) is 49.6 Å². The fourth-order valence-electron chi connectivity index (χ4n) is 4.63. The van der Waals surface area contributed by atoms with Crippen LogP contribution in [0.2, 0.25) is 0 Å². The Morgan fingerprint density at radius 3 is 2.71 bits per heavy atom. The summed E-state index contributed by atoms with van der Waals surface area (Å²) in [6, 6.07) is 10.6. The first-order valence-electron chi connectivity index (χ1n) is 10.4. The van der Waals surface area contributed by atoms with Gasteiger partial charge in [0.05, 0.1) is 6.61 Å². The molecule has 6 heteroatoms. The van der Waals surface area contributed by atoms with Crippen LogP contribution in [0.15, 0.2) is 41.0 Å². The highest BCUT2D eigenvalue weighted by atomic mass is 16.6. The quantitative estimate of drug-likeness (QED) is 0.787. The monoisotopic (exact) mass is 383 g/mol. The minimum absolute atomic E-state index is 0.0565. The molecule has 4 rings (SSSR count). The van der Waals surface area contributed by atoms with Gasteiger partial charge in [-0.3, -0.25) is 9.69 Å². The first-order valence-corrected chi connectivity index (χ1v) is 10.4. The zero-order valence-corrected chi connectivity index (χ0v) is 16.6. The van der Waals surface area contributed by atoms with Crippen molar-refractivity contribution in [2.75, 3.05) is 26.2 Å². The van der Waals surface area contributed by atoms with E-state index < -0.39 is 0 Å². The Morgan fingerprint density at radius 2 is 1.96 bits per heavy atom. The van der Waals surface area contributed by atoms with Crippen LogP contribution in [0.5, 0.6) is 6.08 Å². The molecular formula is C22H29N3O3. The summed E-state index contributed by atoms with van der Waals surface area (Å²) in [4.78, 5) is 21.8. The summed E-state index contributed by atoms with van der Waals surface area (Å²) in [6.45, 7) is 5.64. The van der Waals surface area contributed by atoms with E-state index in [0.717, 1.165) is 32.5 Å². The van der Waals surface area contributed by atoms with E-state index in [-0.39, 0.29) is 17.5 Å². The van der Waals surface area contributed by atoms with Gasteiger partial charge in [0.25, 0.3) is 5.91 Å². The second-order valence-corrected chi connectivity index (χ2v) is 7.85. The molecule has 6 nitrogen and oxygen atoms in total. The van der Waals surface area contributed by atoms with E-state index in [2.05, 4.69) is 40.2 Å². The van der Waals surface area contributed by atoms with Crippen molar-refractivity contribution in [1.29, 1.82) is 0 Å². The van der Waals surface area contributed by atoms with Crippen molar-refractivity contribution < 1.29 is 13.9 Å². The number of hydrogen-bond donors (Lipinski definition) is 0. The Kier molecular flexibility index (Phi) is 5.67. The lowest BCUT2D eigenvalue weighted by atomic mass is 9.78. The molecule has 2 fully saturated rings. The van der Waals surface area contributed by atoms with Crippen LogP contribution in [-0.4, -0.2) is 52.5 Å². The fourth-order valence-corrected chi connectivity index (χ4v) is 4.63. The lowest BCUT2D eigenvalue weighted by molar-refractivity contribution is -0.0254.